The van der Waals surface area contributed by atoms with Crippen molar-refractivity contribution >= 4 is 11.8 Å². The highest BCUT2D eigenvalue weighted by atomic mass is 16.5. The quantitative estimate of drug-likeness (QED) is 0.453. The molecule has 206 valence electrons. The van der Waals surface area contributed by atoms with Crippen molar-refractivity contribution in [2.45, 2.75) is 130 Å². The minimum absolute atomic E-state index is 0.000871. The number of esters is 1. The van der Waals surface area contributed by atoms with E-state index in [4.69, 9.17) is 4.74 Å². The van der Waals surface area contributed by atoms with Gasteiger partial charge in [-0.05, 0) is 67.1 Å². The van der Waals surface area contributed by atoms with Gasteiger partial charge in [0.1, 0.15) is 17.5 Å². The molecule has 3 N–H and O–H groups in total. The summed E-state index contributed by atoms with van der Waals surface area (Å²) in [6.07, 6.45) is 4.06. The molecule has 0 aliphatic heterocycles. The fourth-order valence-corrected chi connectivity index (χ4v) is 9.37. The van der Waals surface area contributed by atoms with Crippen molar-refractivity contribution < 1.29 is 29.6 Å². The molecular weight excluding hydrogens is 456 g/mol. The van der Waals surface area contributed by atoms with Crippen LogP contribution >= 0.6 is 0 Å². The Morgan fingerprint density at radius 1 is 1.06 bits per heavy atom. The van der Waals surface area contributed by atoms with E-state index in [-0.39, 0.29) is 30.0 Å². The first-order chi connectivity index (χ1) is 16.6. The fourth-order valence-electron chi connectivity index (χ4n) is 9.37. The number of aliphatic hydroxyl groups excluding tert-OH is 1. The fraction of sp³-hybridized carbons (Fsp3) is 0.933. The molecule has 0 aromatic heterocycles. The number of ketones is 1. The van der Waals surface area contributed by atoms with E-state index < -0.39 is 40.7 Å². The van der Waals surface area contributed by atoms with Crippen LogP contribution in [0.4, 0.5) is 0 Å². The summed E-state index contributed by atoms with van der Waals surface area (Å²) in [6.45, 7) is 14.6. The van der Waals surface area contributed by atoms with E-state index in [2.05, 4.69) is 34.6 Å². The van der Waals surface area contributed by atoms with Gasteiger partial charge in [-0.25, -0.2) is 0 Å². The molecule has 36 heavy (non-hydrogen) atoms. The standard InChI is InChI=1S/C30H50O6/c1-17(2)18(3)8-9-19(4)22-10-11-23-26-24(32)15-29(34)14-21(36-20(5)31)12-13-28(29,7)30(26,35)25(33)16-27(22,23)6/h17-19,21-23,25-26,33-35H,8-16H2,1-7H3/t18-,19+,21-,22+,23-,25+,26+,27+,28-,29-,30+/m0/s1. The van der Waals surface area contributed by atoms with E-state index in [1.807, 2.05) is 6.92 Å². The van der Waals surface area contributed by atoms with E-state index in [0.717, 1.165) is 19.3 Å². The van der Waals surface area contributed by atoms with Crippen molar-refractivity contribution in [1.82, 2.24) is 0 Å². The van der Waals surface area contributed by atoms with Crippen LogP contribution in [0.25, 0.3) is 0 Å². The summed E-state index contributed by atoms with van der Waals surface area (Å²) in [5.41, 5.74) is -4.47. The maximum absolute atomic E-state index is 13.8. The van der Waals surface area contributed by atoms with Crippen LogP contribution < -0.4 is 0 Å². The Morgan fingerprint density at radius 2 is 1.72 bits per heavy atom. The highest BCUT2D eigenvalue weighted by Gasteiger charge is 2.76. The minimum atomic E-state index is -1.69. The van der Waals surface area contributed by atoms with Crippen molar-refractivity contribution in [3.8, 4) is 0 Å². The van der Waals surface area contributed by atoms with Crippen molar-refractivity contribution in [3.63, 3.8) is 0 Å². The number of aliphatic hydroxyl groups is 3. The van der Waals surface area contributed by atoms with Crippen molar-refractivity contribution in [1.29, 1.82) is 0 Å². The number of ether oxygens (including phenoxy) is 1. The maximum atomic E-state index is 13.8. The van der Waals surface area contributed by atoms with Gasteiger partial charge in [-0.3, -0.25) is 9.59 Å². The number of carbonyl (C=O) groups excluding carboxylic acids is 2. The Kier molecular flexibility index (Phi) is 7.27. The zero-order valence-electron chi connectivity index (χ0n) is 23.5. The molecule has 0 heterocycles. The van der Waals surface area contributed by atoms with Crippen LogP contribution in [-0.2, 0) is 14.3 Å². The number of carbonyl (C=O) groups is 2. The normalized spacial score (nSPS) is 48.1. The Bertz CT molecular complexity index is 872. The lowest BCUT2D eigenvalue weighted by Gasteiger charge is -2.68. The predicted octanol–water partition coefficient (Wildman–Crippen LogP) is 4.67. The van der Waals surface area contributed by atoms with Gasteiger partial charge in [-0.2, -0.15) is 0 Å². The number of rotatable bonds is 6. The largest absolute Gasteiger partial charge is 0.462 e. The summed E-state index contributed by atoms with van der Waals surface area (Å²) in [6, 6.07) is 0. The molecule has 4 rings (SSSR count). The van der Waals surface area contributed by atoms with Crippen LogP contribution in [0.3, 0.4) is 0 Å². The topological polar surface area (TPSA) is 104 Å². The minimum Gasteiger partial charge on any atom is -0.462 e. The molecule has 6 nitrogen and oxygen atoms in total. The SMILES string of the molecule is CC(=O)O[C@H]1CC[C@@]2(C)[C@@](O)(CC(=O)[C@H]3[C@@H]4CC[C@H]([C@H](C)CC[C@H](C)C(C)C)[C@@]4(C)C[C@@H](O)[C@@]32O)C1. The highest BCUT2D eigenvalue weighted by Crippen LogP contribution is 2.70. The van der Waals surface area contributed by atoms with Gasteiger partial charge in [0.25, 0.3) is 0 Å². The molecule has 0 saturated heterocycles. The molecule has 6 heteroatoms. The van der Waals surface area contributed by atoms with Crippen LogP contribution in [0.15, 0.2) is 0 Å². The van der Waals surface area contributed by atoms with E-state index in [9.17, 15) is 24.9 Å². The van der Waals surface area contributed by atoms with E-state index in [0.29, 0.717) is 42.9 Å². The lowest BCUT2D eigenvalue weighted by Crippen LogP contribution is -2.78. The second-order valence-electron chi connectivity index (χ2n) is 14.1. The van der Waals surface area contributed by atoms with Crippen LogP contribution in [-0.4, -0.2) is 50.5 Å². The van der Waals surface area contributed by atoms with Crippen LogP contribution in [0.5, 0.6) is 0 Å². The van der Waals surface area contributed by atoms with Crippen molar-refractivity contribution in [2.75, 3.05) is 0 Å². The lowest BCUT2D eigenvalue weighted by molar-refractivity contribution is -0.310. The molecule has 0 aromatic carbocycles. The molecule has 0 bridgehead atoms. The van der Waals surface area contributed by atoms with Crippen molar-refractivity contribution in [3.05, 3.63) is 0 Å². The van der Waals surface area contributed by atoms with Gasteiger partial charge in [-0.15, -0.1) is 0 Å². The zero-order chi connectivity index (χ0) is 26.8. The van der Waals surface area contributed by atoms with Gasteiger partial charge < -0.3 is 20.1 Å². The number of fused-ring (bicyclic) bond motifs is 5. The van der Waals surface area contributed by atoms with E-state index in [1.54, 1.807) is 0 Å². The first kappa shape index (κ1) is 28.0. The Morgan fingerprint density at radius 3 is 2.33 bits per heavy atom. The Hall–Kier alpha value is -0.980. The molecule has 0 amide bonds. The summed E-state index contributed by atoms with van der Waals surface area (Å²) >= 11 is 0. The molecule has 4 saturated carbocycles. The number of hydrogen-bond donors (Lipinski definition) is 3. The van der Waals surface area contributed by atoms with E-state index >= 15 is 0 Å². The molecule has 0 spiro atoms. The summed E-state index contributed by atoms with van der Waals surface area (Å²) in [7, 11) is 0. The smallest absolute Gasteiger partial charge is 0.302 e. The maximum Gasteiger partial charge on any atom is 0.302 e. The average Bonchev–Trinajstić information content (AvgIpc) is 3.09. The van der Waals surface area contributed by atoms with Gasteiger partial charge in [0, 0.05) is 25.2 Å². The van der Waals surface area contributed by atoms with Gasteiger partial charge in [0.05, 0.1) is 17.6 Å². The van der Waals surface area contributed by atoms with Gasteiger partial charge in [0.2, 0.25) is 0 Å². The van der Waals surface area contributed by atoms with Gasteiger partial charge in [0.15, 0.2) is 0 Å². The molecule has 0 unspecified atom stereocenters. The van der Waals surface area contributed by atoms with Crippen molar-refractivity contribution in [2.24, 2.45) is 46.3 Å². The molecule has 0 radical (unpaired) electrons. The molecule has 11 atom stereocenters. The first-order valence-corrected chi connectivity index (χ1v) is 14.4. The molecular formula is C30H50O6. The molecule has 4 aliphatic rings. The van der Waals surface area contributed by atoms with Crippen LogP contribution in [0, 0.1) is 46.3 Å². The molecule has 4 aliphatic carbocycles. The summed E-state index contributed by atoms with van der Waals surface area (Å²) in [4.78, 5) is 25.4. The number of Topliss-reactive ketones (excluding diaryl/α,β-unsaturated/α-hetero) is 1. The third-order valence-corrected chi connectivity index (χ3v) is 12.0. The second-order valence-corrected chi connectivity index (χ2v) is 14.1. The summed E-state index contributed by atoms with van der Waals surface area (Å²) in [5.74, 6) is 0.998. The first-order valence-electron chi connectivity index (χ1n) is 14.4. The van der Waals surface area contributed by atoms with Crippen LogP contribution in [0.2, 0.25) is 0 Å². The molecule has 0 aromatic rings. The third kappa shape index (κ3) is 4.00. The third-order valence-electron chi connectivity index (χ3n) is 12.0. The summed E-state index contributed by atoms with van der Waals surface area (Å²) in [5, 5.41) is 36.0. The predicted molar refractivity (Wildman–Crippen MR) is 138 cm³/mol. The average molecular weight is 507 g/mol. The monoisotopic (exact) mass is 506 g/mol. The molecule has 4 fully saturated rings. The Labute approximate surface area is 217 Å². The van der Waals surface area contributed by atoms with E-state index in [1.165, 1.54) is 13.3 Å². The lowest BCUT2D eigenvalue weighted by atomic mass is 9.39. The zero-order valence-corrected chi connectivity index (χ0v) is 23.5. The highest BCUT2D eigenvalue weighted by molar-refractivity contribution is 5.86. The van der Waals surface area contributed by atoms with Crippen LogP contribution in [0.1, 0.15) is 106 Å². The number of hydrogen-bond acceptors (Lipinski definition) is 6. The van der Waals surface area contributed by atoms with Gasteiger partial charge in [-0.1, -0.05) is 54.4 Å². The van der Waals surface area contributed by atoms with Gasteiger partial charge >= 0.3 is 5.97 Å². The second kappa shape index (κ2) is 9.34. The summed E-state index contributed by atoms with van der Waals surface area (Å²) < 4.78 is 5.41. The Balaban J connectivity index is 1.62.